The van der Waals surface area contributed by atoms with Crippen molar-refractivity contribution in [3.8, 4) is 0 Å². The Kier molecular flexibility index (Phi) is 7.84. The Hall–Kier alpha value is -1.98. The summed E-state index contributed by atoms with van der Waals surface area (Å²) < 4.78 is 40.9. The van der Waals surface area contributed by atoms with Crippen LogP contribution in [0.25, 0.3) is 0 Å². The number of nitrogens with one attached hydrogen (secondary N) is 2. The zero-order valence-electron chi connectivity index (χ0n) is 16.8. The first-order chi connectivity index (χ1) is 14.4. The zero-order valence-corrected chi connectivity index (χ0v) is 18.4. The van der Waals surface area contributed by atoms with E-state index in [2.05, 4.69) is 20.5 Å². The molecule has 1 saturated carbocycles. The van der Waals surface area contributed by atoms with Crippen LogP contribution in [0.1, 0.15) is 37.9 Å². The highest BCUT2D eigenvalue weighted by molar-refractivity contribution is 7.99. The molecule has 1 fully saturated rings. The van der Waals surface area contributed by atoms with Gasteiger partial charge in [0, 0.05) is 18.3 Å². The molecule has 11 heteroatoms. The van der Waals surface area contributed by atoms with Crippen LogP contribution in [0, 0.1) is 12.7 Å². The van der Waals surface area contributed by atoms with Gasteiger partial charge in [-0.3, -0.25) is 9.89 Å². The Morgan fingerprint density at radius 3 is 2.60 bits per heavy atom. The predicted molar refractivity (Wildman–Crippen MR) is 112 cm³/mol. The van der Waals surface area contributed by atoms with Crippen LogP contribution in [0.2, 0.25) is 0 Å². The summed E-state index contributed by atoms with van der Waals surface area (Å²) in [5.41, 5.74) is 0. The Morgan fingerprint density at radius 2 is 1.97 bits per heavy atom. The Bertz CT molecular complexity index is 943. The van der Waals surface area contributed by atoms with Crippen molar-refractivity contribution in [1.82, 2.24) is 24.8 Å². The number of nitrogens with zero attached hydrogens (tertiary/aromatic N) is 3. The van der Waals surface area contributed by atoms with Crippen molar-refractivity contribution >= 4 is 27.7 Å². The van der Waals surface area contributed by atoms with E-state index in [0.29, 0.717) is 30.3 Å². The van der Waals surface area contributed by atoms with Gasteiger partial charge in [-0.05, 0) is 44.0 Å². The number of carbonyl (C=O) groups is 1. The maximum Gasteiger partial charge on any atom is 0.243 e. The Balaban J connectivity index is 1.63. The lowest BCUT2D eigenvalue weighted by atomic mass is 9.95. The number of hydrogen-bond acceptors (Lipinski definition) is 6. The number of aryl methyl sites for hydroxylation is 1. The molecular formula is C19H26FN5O3S2. The van der Waals surface area contributed by atoms with Gasteiger partial charge in [0.2, 0.25) is 21.1 Å². The minimum absolute atomic E-state index is 0.00203. The third kappa shape index (κ3) is 6.02. The SMILES string of the molecule is Cc1nc(SCCNC(=O)CN(C2CCCCC2)S(=O)(=O)c2ccc(F)cc2)n[nH]1. The number of halogens is 1. The Morgan fingerprint density at radius 1 is 1.27 bits per heavy atom. The highest BCUT2D eigenvalue weighted by Gasteiger charge is 2.33. The van der Waals surface area contributed by atoms with Crippen LogP contribution >= 0.6 is 11.8 Å². The molecule has 0 radical (unpaired) electrons. The molecule has 0 aliphatic heterocycles. The number of hydrogen-bond donors (Lipinski definition) is 2. The van der Waals surface area contributed by atoms with E-state index in [0.717, 1.165) is 37.2 Å². The fourth-order valence-electron chi connectivity index (χ4n) is 3.44. The largest absolute Gasteiger partial charge is 0.354 e. The molecule has 0 bridgehead atoms. The van der Waals surface area contributed by atoms with E-state index in [-0.39, 0.29) is 23.4 Å². The second-order valence-corrected chi connectivity index (χ2v) is 10.2. The van der Waals surface area contributed by atoms with Crippen LogP contribution in [-0.2, 0) is 14.8 Å². The molecule has 0 atom stereocenters. The molecule has 1 aromatic carbocycles. The van der Waals surface area contributed by atoms with Crippen molar-refractivity contribution in [2.24, 2.45) is 0 Å². The van der Waals surface area contributed by atoms with Gasteiger partial charge in [-0.1, -0.05) is 31.0 Å². The van der Waals surface area contributed by atoms with Crippen molar-refractivity contribution in [3.05, 3.63) is 35.9 Å². The van der Waals surface area contributed by atoms with E-state index in [4.69, 9.17) is 0 Å². The second kappa shape index (κ2) is 10.4. The van der Waals surface area contributed by atoms with E-state index in [1.54, 1.807) is 6.92 Å². The van der Waals surface area contributed by atoms with Gasteiger partial charge in [-0.15, -0.1) is 5.10 Å². The van der Waals surface area contributed by atoms with Crippen molar-refractivity contribution in [2.75, 3.05) is 18.8 Å². The van der Waals surface area contributed by atoms with E-state index in [1.807, 2.05) is 0 Å². The molecule has 164 valence electrons. The minimum atomic E-state index is -3.91. The Labute approximate surface area is 180 Å². The quantitative estimate of drug-likeness (QED) is 0.444. The fourth-order valence-corrected chi connectivity index (χ4v) is 5.78. The first-order valence-electron chi connectivity index (χ1n) is 9.92. The van der Waals surface area contributed by atoms with Crippen molar-refractivity contribution in [3.63, 3.8) is 0 Å². The van der Waals surface area contributed by atoms with Crippen LogP contribution in [0.4, 0.5) is 4.39 Å². The molecule has 2 aromatic rings. The van der Waals surface area contributed by atoms with Gasteiger partial charge in [-0.25, -0.2) is 17.8 Å². The highest BCUT2D eigenvalue weighted by atomic mass is 32.2. The summed E-state index contributed by atoms with van der Waals surface area (Å²) >= 11 is 1.40. The van der Waals surface area contributed by atoms with E-state index in [1.165, 1.54) is 28.2 Å². The second-order valence-electron chi connectivity index (χ2n) is 7.20. The van der Waals surface area contributed by atoms with Gasteiger partial charge >= 0.3 is 0 Å². The average molecular weight is 456 g/mol. The molecule has 1 aromatic heterocycles. The summed E-state index contributed by atoms with van der Waals surface area (Å²) in [6, 6.07) is 4.49. The van der Waals surface area contributed by atoms with Gasteiger partial charge in [-0.2, -0.15) is 4.31 Å². The molecule has 1 heterocycles. The molecule has 3 rings (SSSR count). The maximum atomic E-state index is 13.3. The summed E-state index contributed by atoms with van der Waals surface area (Å²) in [6.45, 7) is 1.92. The number of amides is 1. The number of carbonyl (C=O) groups excluding carboxylic acids is 1. The van der Waals surface area contributed by atoms with Crippen LogP contribution in [0.15, 0.2) is 34.3 Å². The predicted octanol–water partition coefficient (Wildman–Crippen LogP) is 2.48. The number of benzene rings is 1. The number of sulfonamides is 1. The van der Waals surface area contributed by atoms with Crippen LogP contribution < -0.4 is 5.32 Å². The lowest BCUT2D eigenvalue weighted by molar-refractivity contribution is -0.121. The number of H-pyrrole nitrogens is 1. The van der Waals surface area contributed by atoms with Crippen molar-refractivity contribution in [2.45, 2.75) is 55.1 Å². The van der Waals surface area contributed by atoms with Gasteiger partial charge in [0.05, 0.1) is 11.4 Å². The van der Waals surface area contributed by atoms with Gasteiger partial charge in [0.1, 0.15) is 11.6 Å². The summed E-state index contributed by atoms with van der Waals surface area (Å²) in [5, 5.41) is 10.1. The summed E-state index contributed by atoms with van der Waals surface area (Å²) in [5.74, 6) is 0.417. The first kappa shape index (κ1) is 22.7. The third-order valence-corrected chi connectivity index (χ3v) is 7.70. The summed E-state index contributed by atoms with van der Waals surface area (Å²) in [4.78, 5) is 16.7. The fraction of sp³-hybridized carbons (Fsp3) is 0.526. The van der Waals surface area contributed by atoms with Crippen LogP contribution in [0.3, 0.4) is 0 Å². The first-order valence-corrected chi connectivity index (χ1v) is 12.3. The molecule has 30 heavy (non-hydrogen) atoms. The molecular weight excluding hydrogens is 429 g/mol. The molecule has 0 saturated heterocycles. The van der Waals surface area contributed by atoms with Crippen molar-refractivity contribution < 1.29 is 17.6 Å². The maximum absolute atomic E-state index is 13.3. The van der Waals surface area contributed by atoms with Gasteiger partial charge in [0.25, 0.3) is 0 Å². The normalized spacial score (nSPS) is 15.4. The molecule has 1 aliphatic rings. The molecule has 1 amide bonds. The number of thioether (sulfide) groups is 1. The lowest BCUT2D eigenvalue weighted by Gasteiger charge is -2.33. The lowest BCUT2D eigenvalue weighted by Crippen LogP contribution is -2.47. The molecule has 8 nitrogen and oxygen atoms in total. The number of aromatic amines is 1. The van der Waals surface area contributed by atoms with E-state index >= 15 is 0 Å². The average Bonchev–Trinajstić information content (AvgIpc) is 3.15. The van der Waals surface area contributed by atoms with E-state index in [9.17, 15) is 17.6 Å². The number of aromatic nitrogens is 3. The van der Waals surface area contributed by atoms with Crippen LogP contribution in [0.5, 0.6) is 0 Å². The van der Waals surface area contributed by atoms with Gasteiger partial charge < -0.3 is 5.32 Å². The number of rotatable bonds is 9. The molecule has 0 unspecified atom stereocenters. The standard InChI is InChI=1S/C19H26FN5O3S2/c1-14-22-19(24-23-14)29-12-11-21-18(26)13-25(16-5-3-2-4-6-16)30(27,28)17-9-7-15(20)8-10-17/h7-10,16H,2-6,11-13H2,1H3,(H,21,26)(H,22,23,24). The molecule has 2 N–H and O–H groups in total. The van der Waals surface area contributed by atoms with E-state index < -0.39 is 15.8 Å². The topological polar surface area (TPSA) is 108 Å². The summed E-state index contributed by atoms with van der Waals surface area (Å²) in [7, 11) is -3.91. The zero-order chi connectivity index (χ0) is 21.6. The monoisotopic (exact) mass is 455 g/mol. The minimum Gasteiger partial charge on any atom is -0.354 e. The smallest absolute Gasteiger partial charge is 0.243 e. The highest BCUT2D eigenvalue weighted by Crippen LogP contribution is 2.27. The molecule has 0 spiro atoms. The van der Waals surface area contributed by atoms with Gasteiger partial charge in [0.15, 0.2) is 0 Å². The third-order valence-electron chi connectivity index (χ3n) is 4.93. The van der Waals surface area contributed by atoms with Crippen LogP contribution in [-0.4, -0.2) is 58.7 Å². The summed E-state index contributed by atoms with van der Waals surface area (Å²) in [6.07, 6.45) is 4.34. The molecule has 1 aliphatic carbocycles. The van der Waals surface area contributed by atoms with Crippen molar-refractivity contribution in [1.29, 1.82) is 0 Å².